The molecule has 1 aromatic carbocycles. The van der Waals surface area contributed by atoms with Crippen molar-refractivity contribution in [2.75, 3.05) is 18.4 Å². The zero-order valence-corrected chi connectivity index (χ0v) is 15.2. The number of carbonyl (C=O) groups excluding carboxylic acids is 1. The van der Waals surface area contributed by atoms with Gasteiger partial charge < -0.3 is 15.3 Å². The lowest BCUT2D eigenvalue weighted by Crippen LogP contribution is -2.44. The van der Waals surface area contributed by atoms with Gasteiger partial charge in [0.05, 0.1) is 29.2 Å². The van der Waals surface area contributed by atoms with E-state index >= 15 is 0 Å². The fraction of sp³-hybridized carbons (Fsp3) is 0.389. The monoisotopic (exact) mass is 376 g/mol. The van der Waals surface area contributed by atoms with Gasteiger partial charge in [0.25, 0.3) is 0 Å². The summed E-state index contributed by atoms with van der Waals surface area (Å²) >= 11 is 6.06. The molecule has 2 aromatic rings. The van der Waals surface area contributed by atoms with Crippen LogP contribution in [0.4, 0.5) is 10.5 Å². The summed E-state index contributed by atoms with van der Waals surface area (Å²) in [7, 11) is 0. The normalized spacial score (nSPS) is 17.2. The molecule has 1 unspecified atom stereocenters. The van der Waals surface area contributed by atoms with Crippen molar-refractivity contribution in [1.82, 2.24) is 14.7 Å². The molecule has 7 nitrogen and oxygen atoms in total. The maximum atomic E-state index is 12.6. The largest absolute Gasteiger partial charge is 0.481 e. The molecule has 1 saturated heterocycles. The van der Waals surface area contributed by atoms with Crippen LogP contribution in [0.5, 0.6) is 0 Å². The minimum absolute atomic E-state index is 0.227. The summed E-state index contributed by atoms with van der Waals surface area (Å²) < 4.78 is 1.75. The molecule has 2 N–H and O–H groups in total. The minimum Gasteiger partial charge on any atom is -0.481 e. The number of nitrogens with zero attached hydrogens (tertiary/aromatic N) is 3. The summed E-state index contributed by atoms with van der Waals surface area (Å²) in [4.78, 5) is 25.3. The molecule has 8 heteroatoms. The average molecular weight is 377 g/mol. The minimum atomic E-state index is -0.856. The Balaban J connectivity index is 1.78. The second-order valence-corrected chi connectivity index (χ2v) is 6.74. The molecule has 0 spiro atoms. The van der Waals surface area contributed by atoms with Crippen molar-refractivity contribution >= 4 is 29.3 Å². The average Bonchev–Trinajstić information content (AvgIpc) is 3.04. The van der Waals surface area contributed by atoms with Gasteiger partial charge in [-0.2, -0.15) is 5.10 Å². The van der Waals surface area contributed by atoms with E-state index in [1.165, 1.54) is 0 Å². The molecular formula is C18H21ClN4O3. The van der Waals surface area contributed by atoms with Crippen LogP contribution < -0.4 is 5.32 Å². The summed E-state index contributed by atoms with van der Waals surface area (Å²) in [5.74, 6) is -1.36. The second kappa shape index (κ2) is 7.78. The van der Waals surface area contributed by atoms with E-state index in [4.69, 9.17) is 11.6 Å². The fourth-order valence-electron chi connectivity index (χ4n) is 3.21. The van der Waals surface area contributed by atoms with Crippen molar-refractivity contribution in [3.05, 3.63) is 41.2 Å². The van der Waals surface area contributed by atoms with Crippen molar-refractivity contribution in [1.29, 1.82) is 0 Å². The van der Waals surface area contributed by atoms with Gasteiger partial charge in [0.1, 0.15) is 0 Å². The molecule has 1 fully saturated rings. The molecule has 0 aliphatic carbocycles. The number of piperidine rings is 1. The third-order valence-corrected chi connectivity index (χ3v) is 4.79. The van der Waals surface area contributed by atoms with Gasteiger partial charge >= 0.3 is 12.0 Å². The lowest BCUT2D eigenvalue weighted by Gasteiger charge is -2.30. The topological polar surface area (TPSA) is 87.5 Å². The smallest absolute Gasteiger partial charge is 0.321 e. The predicted molar refractivity (Wildman–Crippen MR) is 98.9 cm³/mol. The van der Waals surface area contributed by atoms with Gasteiger partial charge in [0.15, 0.2) is 0 Å². The Morgan fingerprint density at radius 1 is 1.42 bits per heavy atom. The number of carboxylic acid groups (broad SMARTS) is 1. The van der Waals surface area contributed by atoms with Crippen molar-refractivity contribution in [3.63, 3.8) is 0 Å². The standard InChI is InChI=1S/C18H21ClN4O3/c1-2-16-15(10-20-23(16)14-7-3-6-13(19)9-14)21-18(26)22-8-4-5-12(11-22)17(24)25/h3,6-7,9-10,12H,2,4-5,8,11H2,1H3,(H,21,26)(H,24,25). The van der Waals surface area contributed by atoms with Crippen molar-refractivity contribution in [2.24, 2.45) is 5.92 Å². The van der Waals surface area contributed by atoms with E-state index in [9.17, 15) is 14.7 Å². The Morgan fingerprint density at radius 3 is 2.92 bits per heavy atom. The number of halogens is 1. The SMILES string of the molecule is CCc1c(NC(=O)N2CCCC(C(=O)O)C2)cnn1-c1cccc(Cl)c1. The van der Waals surface area contributed by atoms with Crippen LogP contribution in [0.15, 0.2) is 30.5 Å². The highest BCUT2D eigenvalue weighted by Gasteiger charge is 2.28. The van der Waals surface area contributed by atoms with Crippen LogP contribution in [0.3, 0.4) is 0 Å². The predicted octanol–water partition coefficient (Wildman–Crippen LogP) is 3.42. The molecule has 1 atom stereocenters. The quantitative estimate of drug-likeness (QED) is 0.855. The Hall–Kier alpha value is -2.54. The number of urea groups is 1. The molecule has 138 valence electrons. The van der Waals surface area contributed by atoms with Crippen LogP contribution in [0.1, 0.15) is 25.5 Å². The first-order chi connectivity index (χ1) is 12.5. The maximum Gasteiger partial charge on any atom is 0.321 e. The number of benzene rings is 1. The van der Waals surface area contributed by atoms with E-state index in [2.05, 4.69) is 10.4 Å². The van der Waals surface area contributed by atoms with Crippen LogP contribution in [-0.2, 0) is 11.2 Å². The summed E-state index contributed by atoms with van der Waals surface area (Å²) in [5.41, 5.74) is 2.29. The molecule has 0 radical (unpaired) electrons. The van der Waals surface area contributed by atoms with E-state index < -0.39 is 11.9 Å². The number of aromatic nitrogens is 2. The molecule has 3 rings (SSSR count). The van der Waals surface area contributed by atoms with Crippen molar-refractivity contribution < 1.29 is 14.7 Å². The van der Waals surface area contributed by atoms with E-state index in [1.54, 1.807) is 27.9 Å². The number of rotatable bonds is 4. The summed E-state index contributed by atoms with van der Waals surface area (Å²) in [5, 5.41) is 17.0. The van der Waals surface area contributed by atoms with Crippen molar-refractivity contribution in [2.45, 2.75) is 26.2 Å². The van der Waals surface area contributed by atoms with Gasteiger partial charge in [-0.05, 0) is 37.5 Å². The highest BCUT2D eigenvalue weighted by atomic mass is 35.5. The highest BCUT2D eigenvalue weighted by molar-refractivity contribution is 6.30. The molecule has 1 aliphatic heterocycles. The number of carbonyl (C=O) groups is 2. The Kier molecular flexibility index (Phi) is 5.46. The number of anilines is 1. The van der Waals surface area contributed by atoms with Gasteiger partial charge in [-0.15, -0.1) is 0 Å². The third kappa shape index (κ3) is 3.83. The van der Waals surface area contributed by atoms with Crippen molar-refractivity contribution in [3.8, 4) is 5.69 Å². The molecule has 0 bridgehead atoms. The van der Waals surface area contributed by atoms with E-state index in [0.717, 1.165) is 11.4 Å². The van der Waals surface area contributed by atoms with Crippen LogP contribution in [0.25, 0.3) is 5.69 Å². The zero-order valence-electron chi connectivity index (χ0n) is 14.5. The van der Waals surface area contributed by atoms with Crippen LogP contribution in [0.2, 0.25) is 5.02 Å². The number of hydrogen-bond acceptors (Lipinski definition) is 3. The molecule has 1 aliphatic rings. The first kappa shape index (κ1) is 18.3. The number of amides is 2. The molecule has 26 heavy (non-hydrogen) atoms. The van der Waals surface area contributed by atoms with Gasteiger partial charge in [-0.3, -0.25) is 4.79 Å². The van der Waals surface area contributed by atoms with E-state index in [0.29, 0.717) is 36.5 Å². The third-order valence-electron chi connectivity index (χ3n) is 4.56. The number of likely N-dealkylation sites (tertiary alicyclic amines) is 1. The van der Waals surface area contributed by atoms with Gasteiger partial charge in [0.2, 0.25) is 0 Å². The summed E-state index contributed by atoms with van der Waals surface area (Å²) in [6.07, 6.45) is 3.56. The Bertz CT molecular complexity index is 821. The first-order valence-corrected chi connectivity index (χ1v) is 8.99. The molecular weight excluding hydrogens is 356 g/mol. The second-order valence-electron chi connectivity index (χ2n) is 6.30. The van der Waals surface area contributed by atoms with Crippen LogP contribution in [-0.4, -0.2) is 44.9 Å². The number of hydrogen-bond donors (Lipinski definition) is 2. The lowest BCUT2D eigenvalue weighted by atomic mass is 9.99. The molecule has 2 heterocycles. The van der Waals surface area contributed by atoms with E-state index in [-0.39, 0.29) is 12.6 Å². The van der Waals surface area contributed by atoms with E-state index in [1.807, 2.05) is 19.1 Å². The molecule has 1 aromatic heterocycles. The summed E-state index contributed by atoms with van der Waals surface area (Å²) in [6.45, 7) is 2.76. The lowest BCUT2D eigenvalue weighted by molar-refractivity contribution is -0.143. The Labute approximate surface area is 156 Å². The maximum absolute atomic E-state index is 12.6. The first-order valence-electron chi connectivity index (χ1n) is 8.61. The Morgan fingerprint density at radius 2 is 2.23 bits per heavy atom. The number of carboxylic acids is 1. The van der Waals surface area contributed by atoms with Gasteiger partial charge in [-0.1, -0.05) is 24.6 Å². The summed E-state index contributed by atoms with van der Waals surface area (Å²) in [6, 6.07) is 7.04. The zero-order chi connectivity index (χ0) is 18.7. The molecule has 2 amide bonds. The molecule has 0 saturated carbocycles. The highest BCUT2D eigenvalue weighted by Crippen LogP contribution is 2.23. The van der Waals surface area contributed by atoms with Crippen LogP contribution >= 0.6 is 11.6 Å². The number of aliphatic carboxylic acids is 1. The van der Waals surface area contributed by atoms with Gasteiger partial charge in [0, 0.05) is 18.1 Å². The fourth-order valence-corrected chi connectivity index (χ4v) is 3.39. The number of nitrogens with one attached hydrogen (secondary N) is 1. The van der Waals surface area contributed by atoms with Gasteiger partial charge in [-0.25, -0.2) is 9.48 Å². The van der Waals surface area contributed by atoms with Crippen LogP contribution in [0, 0.1) is 5.92 Å².